The SMILES string of the molecule is CNC(C)C.NC=O.O=C(CCc1ccccc1)Nc1ccc2sc(C(=O)NO)cc2c1. The van der Waals surface area contributed by atoms with Gasteiger partial charge in [0.25, 0.3) is 5.91 Å². The van der Waals surface area contributed by atoms with Crippen molar-refractivity contribution in [1.82, 2.24) is 10.8 Å². The molecule has 0 radical (unpaired) electrons. The maximum Gasteiger partial charge on any atom is 0.284 e. The van der Waals surface area contributed by atoms with Crippen molar-refractivity contribution in [2.45, 2.75) is 32.7 Å². The third-order valence-electron chi connectivity index (χ3n) is 4.19. The van der Waals surface area contributed by atoms with Gasteiger partial charge in [-0.2, -0.15) is 0 Å². The van der Waals surface area contributed by atoms with Crippen molar-refractivity contribution in [2.75, 3.05) is 12.4 Å². The Labute approximate surface area is 191 Å². The summed E-state index contributed by atoms with van der Waals surface area (Å²) in [4.78, 5) is 32.5. The minimum absolute atomic E-state index is 0.0539. The number of benzene rings is 2. The number of thiophene rings is 1. The average Bonchev–Trinajstić information content (AvgIpc) is 3.22. The summed E-state index contributed by atoms with van der Waals surface area (Å²) in [5.41, 5.74) is 7.60. The zero-order chi connectivity index (χ0) is 23.9. The molecule has 1 aromatic heterocycles. The van der Waals surface area contributed by atoms with Crippen LogP contribution in [-0.2, 0) is 16.0 Å². The molecule has 6 N–H and O–H groups in total. The van der Waals surface area contributed by atoms with Crippen molar-refractivity contribution in [3.05, 3.63) is 65.0 Å². The van der Waals surface area contributed by atoms with Crippen LogP contribution in [0.15, 0.2) is 54.6 Å². The van der Waals surface area contributed by atoms with E-state index in [0.717, 1.165) is 15.6 Å². The fraction of sp³-hybridized carbons (Fsp3) is 0.261. The van der Waals surface area contributed by atoms with E-state index in [0.29, 0.717) is 29.4 Å². The van der Waals surface area contributed by atoms with Crippen molar-refractivity contribution in [2.24, 2.45) is 5.73 Å². The lowest BCUT2D eigenvalue weighted by Gasteiger charge is -2.05. The summed E-state index contributed by atoms with van der Waals surface area (Å²) >= 11 is 1.28. The summed E-state index contributed by atoms with van der Waals surface area (Å²) in [6.07, 6.45) is 1.35. The Hall–Kier alpha value is -3.27. The molecule has 8 nitrogen and oxygen atoms in total. The number of carbonyl (C=O) groups is 3. The number of hydrogen-bond donors (Lipinski definition) is 5. The second-order valence-electron chi connectivity index (χ2n) is 6.92. The van der Waals surface area contributed by atoms with E-state index in [1.54, 1.807) is 17.6 Å². The molecule has 0 aliphatic heterocycles. The van der Waals surface area contributed by atoms with Gasteiger partial charge >= 0.3 is 0 Å². The van der Waals surface area contributed by atoms with E-state index < -0.39 is 5.91 Å². The number of hydroxylamine groups is 1. The molecule has 0 spiro atoms. The molecule has 3 rings (SSSR count). The van der Waals surface area contributed by atoms with Gasteiger partial charge < -0.3 is 16.4 Å². The highest BCUT2D eigenvalue weighted by molar-refractivity contribution is 7.20. The van der Waals surface area contributed by atoms with Gasteiger partial charge in [0.05, 0.1) is 4.88 Å². The average molecular weight is 459 g/mol. The molecule has 0 saturated carbocycles. The van der Waals surface area contributed by atoms with Crippen molar-refractivity contribution < 1.29 is 19.6 Å². The molecular formula is C23H30N4O4S. The molecule has 9 heteroatoms. The predicted molar refractivity (Wildman–Crippen MR) is 129 cm³/mol. The maximum absolute atomic E-state index is 12.1. The van der Waals surface area contributed by atoms with Gasteiger partial charge in [0, 0.05) is 22.8 Å². The van der Waals surface area contributed by atoms with Gasteiger partial charge in [-0.1, -0.05) is 44.2 Å². The maximum atomic E-state index is 12.1. The second kappa shape index (κ2) is 14.7. The third-order valence-corrected chi connectivity index (χ3v) is 5.30. The van der Waals surface area contributed by atoms with E-state index in [-0.39, 0.29) is 12.3 Å². The van der Waals surface area contributed by atoms with Gasteiger partial charge in [-0.25, -0.2) is 5.48 Å². The number of aryl methyl sites for hydroxylation is 1. The first-order valence-corrected chi connectivity index (χ1v) is 10.8. The second-order valence-corrected chi connectivity index (χ2v) is 8.00. The smallest absolute Gasteiger partial charge is 0.284 e. The van der Waals surface area contributed by atoms with Crippen LogP contribution in [0, 0.1) is 0 Å². The molecule has 3 aromatic rings. The zero-order valence-electron chi connectivity index (χ0n) is 18.4. The summed E-state index contributed by atoms with van der Waals surface area (Å²) in [5.74, 6) is -0.591. The minimum Gasteiger partial charge on any atom is -0.372 e. The van der Waals surface area contributed by atoms with Crippen LogP contribution < -0.4 is 21.8 Å². The van der Waals surface area contributed by atoms with Crippen molar-refractivity contribution in [3.8, 4) is 0 Å². The highest BCUT2D eigenvalue weighted by Gasteiger charge is 2.10. The van der Waals surface area contributed by atoms with Crippen LogP contribution in [-0.4, -0.2) is 36.5 Å². The highest BCUT2D eigenvalue weighted by Crippen LogP contribution is 2.28. The minimum atomic E-state index is -0.537. The Balaban J connectivity index is 0.000000555. The van der Waals surface area contributed by atoms with Crippen LogP contribution in [0.4, 0.5) is 5.69 Å². The first-order chi connectivity index (χ1) is 15.3. The Morgan fingerprint density at radius 1 is 1.12 bits per heavy atom. The normalized spacial score (nSPS) is 9.78. The predicted octanol–water partition coefficient (Wildman–Crippen LogP) is 3.31. The summed E-state index contributed by atoms with van der Waals surface area (Å²) in [6.45, 7) is 4.22. The van der Waals surface area contributed by atoms with Crippen LogP contribution in [0.3, 0.4) is 0 Å². The molecule has 0 saturated heterocycles. The highest BCUT2D eigenvalue weighted by atomic mass is 32.1. The van der Waals surface area contributed by atoms with Gasteiger partial charge in [-0.15, -0.1) is 11.3 Å². The van der Waals surface area contributed by atoms with E-state index in [2.05, 4.69) is 30.2 Å². The van der Waals surface area contributed by atoms with Gasteiger partial charge in [0.1, 0.15) is 0 Å². The molecule has 0 unspecified atom stereocenters. The fourth-order valence-electron chi connectivity index (χ4n) is 2.41. The summed E-state index contributed by atoms with van der Waals surface area (Å²) in [6, 6.07) is 17.7. The number of anilines is 1. The molecule has 3 amide bonds. The third kappa shape index (κ3) is 9.69. The fourth-order valence-corrected chi connectivity index (χ4v) is 3.35. The number of rotatable bonds is 6. The lowest BCUT2D eigenvalue weighted by molar-refractivity contribution is -0.116. The zero-order valence-corrected chi connectivity index (χ0v) is 19.2. The number of fused-ring (bicyclic) bond motifs is 1. The summed E-state index contributed by atoms with van der Waals surface area (Å²) in [5, 5.41) is 15.4. The monoisotopic (exact) mass is 458 g/mol. The Morgan fingerprint density at radius 2 is 1.75 bits per heavy atom. The largest absolute Gasteiger partial charge is 0.372 e. The van der Waals surface area contributed by atoms with Crippen molar-refractivity contribution in [1.29, 1.82) is 0 Å². The molecule has 0 aliphatic carbocycles. The lowest BCUT2D eigenvalue weighted by atomic mass is 10.1. The van der Waals surface area contributed by atoms with E-state index in [4.69, 9.17) is 10.0 Å². The molecule has 172 valence electrons. The van der Waals surface area contributed by atoms with Gasteiger partial charge in [-0.05, 0) is 48.7 Å². The van der Waals surface area contributed by atoms with E-state index in [9.17, 15) is 9.59 Å². The van der Waals surface area contributed by atoms with Gasteiger partial charge in [0.2, 0.25) is 12.3 Å². The van der Waals surface area contributed by atoms with Gasteiger partial charge in [-0.3, -0.25) is 19.6 Å². The lowest BCUT2D eigenvalue weighted by Crippen LogP contribution is -2.16. The molecule has 0 aliphatic rings. The van der Waals surface area contributed by atoms with Crippen molar-refractivity contribution in [3.63, 3.8) is 0 Å². The molecule has 0 atom stereocenters. The number of carbonyl (C=O) groups excluding carboxylic acids is 3. The quantitative estimate of drug-likeness (QED) is 0.220. The number of primary amides is 1. The summed E-state index contributed by atoms with van der Waals surface area (Å²) < 4.78 is 0.913. The Morgan fingerprint density at radius 3 is 2.31 bits per heavy atom. The molecule has 0 bridgehead atoms. The first-order valence-electron chi connectivity index (χ1n) is 9.99. The van der Waals surface area contributed by atoms with Crippen LogP contribution in [0.1, 0.15) is 35.5 Å². The van der Waals surface area contributed by atoms with Crippen LogP contribution in [0.5, 0.6) is 0 Å². The first kappa shape index (κ1) is 26.8. The topological polar surface area (TPSA) is 134 Å². The van der Waals surface area contributed by atoms with Crippen molar-refractivity contribution >= 4 is 45.3 Å². The van der Waals surface area contributed by atoms with E-state index >= 15 is 0 Å². The van der Waals surface area contributed by atoms with Gasteiger partial charge in [0.15, 0.2) is 0 Å². The number of amides is 3. The van der Waals surface area contributed by atoms with E-state index in [1.165, 1.54) is 11.3 Å². The number of nitrogens with two attached hydrogens (primary N) is 1. The van der Waals surface area contributed by atoms with E-state index in [1.807, 2.05) is 49.5 Å². The van der Waals surface area contributed by atoms with Crippen LogP contribution in [0.2, 0.25) is 0 Å². The Kier molecular flexibility index (Phi) is 12.3. The van der Waals surface area contributed by atoms with Crippen LogP contribution in [0.25, 0.3) is 10.1 Å². The molecule has 0 fully saturated rings. The van der Waals surface area contributed by atoms with Crippen LogP contribution >= 0.6 is 11.3 Å². The molecule has 32 heavy (non-hydrogen) atoms. The number of nitrogens with one attached hydrogen (secondary N) is 3. The Bertz CT molecular complexity index is 990. The molecule has 1 heterocycles. The number of hydrogen-bond acceptors (Lipinski definition) is 6. The standard InChI is InChI=1S/C18H16N2O3S.C4H11N.CH3NO/c21-17(9-6-12-4-2-1-3-5-12)19-14-7-8-15-13(10-14)11-16(24-15)18(22)20-23;1-4(2)5-3;2-1-3/h1-5,7-8,10-11,23H,6,9H2,(H,19,21)(H,20,22);4-5H,1-3H3;1H,(H2,2,3). The molecular weight excluding hydrogens is 428 g/mol. The summed E-state index contributed by atoms with van der Waals surface area (Å²) in [7, 11) is 1.95. The molecule has 2 aromatic carbocycles.